The van der Waals surface area contributed by atoms with Crippen molar-refractivity contribution >= 4 is 11.8 Å². The second kappa shape index (κ2) is 13.6. The molecule has 196 valence electrons. The summed E-state index contributed by atoms with van der Waals surface area (Å²) in [5, 5.41) is 3.05. The van der Waals surface area contributed by atoms with Crippen LogP contribution in [0.3, 0.4) is 0 Å². The van der Waals surface area contributed by atoms with Crippen molar-refractivity contribution in [3.8, 4) is 5.75 Å². The molecule has 0 unspecified atom stereocenters. The molecule has 0 saturated carbocycles. The van der Waals surface area contributed by atoms with E-state index in [-0.39, 0.29) is 18.4 Å². The number of rotatable bonds is 12. The Morgan fingerprint density at radius 3 is 2.08 bits per heavy atom. The van der Waals surface area contributed by atoms with E-state index >= 15 is 0 Å². The highest BCUT2D eigenvalue weighted by Crippen LogP contribution is 2.20. The molecule has 5 heteroatoms. The molecule has 2 amide bonds. The van der Waals surface area contributed by atoms with Gasteiger partial charge in [-0.25, -0.2) is 0 Å². The largest absolute Gasteiger partial charge is 0.484 e. The average molecular weight is 501 g/mol. The van der Waals surface area contributed by atoms with Gasteiger partial charge in [0, 0.05) is 19.5 Å². The minimum atomic E-state index is -0.665. The molecule has 0 aliphatic heterocycles. The number of amides is 2. The number of aryl methyl sites for hydroxylation is 1. The second-order valence-corrected chi connectivity index (χ2v) is 10.4. The van der Waals surface area contributed by atoms with Gasteiger partial charge in [-0.15, -0.1) is 0 Å². The van der Waals surface area contributed by atoms with E-state index in [0.29, 0.717) is 37.1 Å². The van der Waals surface area contributed by atoms with Crippen LogP contribution in [0.1, 0.15) is 55.9 Å². The molecule has 0 saturated heterocycles. The smallest absolute Gasteiger partial charge is 0.261 e. The fourth-order valence-electron chi connectivity index (χ4n) is 4.04. The van der Waals surface area contributed by atoms with Crippen molar-refractivity contribution < 1.29 is 14.3 Å². The first kappa shape index (κ1) is 28.0. The van der Waals surface area contributed by atoms with Crippen LogP contribution in [0.4, 0.5) is 0 Å². The maximum Gasteiger partial charge on any atom is 0.261 e. The molecule has 0 aliphatic carbocycles. The van der Waals surface area contributed by atoms with Gasteiger partial charge in [0.15, 0.2) is 6.61 Å². The molecule has 3 rings (SSSR count). The average Bonchev–Trinajstić information content (AvgIpc) is 2.89. The molecule has 3 aromatic rings. The van der Waals surface area contributed by atoms with E-state index in [1.54, 1.807) is 4.90 Å². The first-order valence-electron chi connectivity index (χ1n) is 13.1. The lowest BCUT2D eigenvalue weighted by Crippen LogP contribution is -2.52. The van der Waals surface area contributed by atoms with Gasteiger partial charge in [-0.2, -0.15) is 0 Å². The minimum absolute atomic E-state index is 0.143. The van der Waals surface area contributed by atoms with Gasteiger partial charge < -0.3 is 15.0 Å². The fraction of sp³-hybridized carbons (Fsp3) is 0.375. The number of hydrogen-bond acceptors (Lipinski definition) is 3. The number of nitrogens with zero attached hydrogens (tertiary/aromatic N) is 1. The molecule has 0 heterocycles. The van der Waals surface area contributed by atoms with E-state index in [0.717, 1.165) is 16.7 Å². The quantitative estimate of drug-likeness (QED) is 0.336. The summed E-state index contributed by atoms with van der Waals surface area (Å²) in [7, 11) is 0. The summed E-state index contributed by atoms with van der Waals surface area (Å²) in [4.78, 5) is 28.8. The summed E-state index contributed by atoms with van der Waals surface area (Å²) < 4.78 is 5.90. The zero-order valence-corrected chi connectivity index (χ0v) is 22.7. The summed E-state index contributed by atoms with van der Waals surface area (Å²) in [5.41, 5.74) is 4.32. The van der Waals surface area contributed by atoms with Crippen LogP contribution >= 0.6 is 0 Å². The van der Waals surface area contributed by atoms with E-state index in [1.807, 2.05) is 85.8 Å². The van der Waals surface area contributed by atoms with E-state index < -0.39 is 6.04 Å². The highest BCUT2D eigenvalue weighted by Gasteiger charge is 2.30. The number of carbonyl (C=O) groups excluding carboxylic acids is 2. The van der Waals surface area contributed by atoms with E-state index in [2.05, 4.69) is 33.0 Å². The predicted octanol–water partition coefficient (Wildman–Crippen LogP) is 5.91. The lowest BCUT2D eigenvalue weighted by atomic mass is 10.0. The van der Waals surface area contributed by atoms with Gasteiger partial charge in [-0.05, 0) is 47.6 Å². The predicted molar refractivity (Wildman–Crippen MR) is 150 cm³/mol. The van der Waals surface area contributed by atoms with Crippen LogP contribution in [0.2, 0.25) is 0 Å². The number of ether oxygens (including phenoxy) is 1. The number of benzene rings is 3. The molecular formula is C32H40N2O3. The monoisotopic (exact) mass is 500 g/mol. The van der Waals surface area contributed by atoms with Gasteiger partial charge in [0.05, 0.1) is 0 Å². The highest BCUT2D eigenvalue weighted by molar-refractivity contribution is 5.88. The maximum absolute atomic E-state index is 13.7. The fourth-order valence-corrected chi connectivity index (χ4v) is 4.04. The van der Waals surface area contributed by atoms with Crippen LogP contribution in [0.5, 0.6) is 5.75 Å². The van der Waals surface area contributed by atoms with Crippen molar-refractivity contribution in [2.75, 3.05) is 13.2 Å². The molecular weight excluding hydrogens is 460 g/mol. The van der Waals surface area contributed by atoms with Gasteiger partial charge in [0.1, 0.15) is 11.8 Å². The molecule has 5 nitrogen and oxygen atoms in total. The van der Waals surface area contributed by atoms with Crippen LogP contribution < -0.4 is 10.1 Å². The van der Waals surface area contributed by atoms with E-state index in [9.17, 15) is 9.59 Å². The van der Waals surface area contributed by atoms with Gasteiger partial charge in [-0.3, -0.25) is 9.59 Å². The topological polar surface area (TPSA) is 58.6 Å². The van der Waals surface area contributed by atoms with Gasteiger partial charge in [-0.1, -0.05) is 100.0 Å². The van der Waals surface area contributed by atoms with Crippen molar-refractivity contribution in [3.63, 3.8) is 0 Å². The number of carbonyl (C=O) groups is 2. The van der Waals surface area contributed by atoms with Crippen LogP contribution in [-0.4, -0.2) is 35.9 Å². The summed E-state index contributed by atoms with van der Waals surface area (Å²) in [5.74, 6) is 0.980. The Balaban J connectivity index is 1.86. The third-order valence-electron chi connectivity index (χ3n) is 6.34. The van der Waals surface area contributed by atoms with Crippen molar-refractivity contribution in [1.82, 2.24) is 10.2 Å². The van der Waals surface area contributed by atoms with Crippen molar-refractivity contribution in [1.29, 1.82) is 0 Å². The molecule has 3 aromatic carbocycles. The summed E-state index contributed by atoms with van der Waals surface area (Å²) >= 11 is 0. The minimum Gasteiger partial charge on any atom is -0.484 e. The zero-order valence-electron chi connectivity index (χ0n) is 22.7. The summed E-state index contributed by atoms with van der Waals surface area (Å²) in [6, 6.07) is 25.1. The second-order valence-electron chi connectivity index (χ2n) is 10.4. The molecule has 0 fully saturated rings. The molecule has 0 radical (unpaired) electrons. The Morgan fingerprint density at radius 1 is 0.838 bits per heavy atom. The standard InChI is InChI=1S/C32H40N2O3/c1-23(2)20-33-32(36)30(19-26-9-7-6-8-10-26)34(21-27-13-11-25(5)12-14-27)31(35)22-37-29-17-15-28(16-18-29)24(3)4/h6-18,23-24,30H,19-22H2,1-5H3,(H,33,36)/t30-/m0/s1. The molecule has 1 atom stereocenters. The Hall–Kier alpha value is -3.60. The zero-order chi connectivity index (χ0) is 26.8. The van der Waals surface area contributed by atoms with Crippen molar-refractivity contribution in [3.05, 3.63) is 101 Å². The van der Waals surface area contributed by atoms with Crippen molar-refractivity contribution in [2.24, 2.45) is 5.92 Å². The van der Waals surface area contributed by atoms with E-state index in [1.165, 1.54) is 5.56 Å². The van der Waals surface area contributed by atoms with Crippen LogP contribution in [-0.2, 0) is 22.6 Å². The highest BCUT2D eigenvalue weighted by atomic mass is 16.5. The van der Waals surface area contributed by atoms with Crippen molar-refractivity contribution in [2.45, 2.75) is 59.5 Å². The third kappa shape index (κ3) is 8.78. The SMILES string of the molecule is Cc1ccc(CN(C(=O)COc2ccc(C(C)C)cc2)[C@@H](Cc2ccccc2)C(=O)NCC(C)C)cc1. The van der Waals surface area contributed by atoms with Crippen LogP contribution in [0.15, 0.2) is 78.9 Å². The molecule has 37 heavy (non-hydrogen) atoms. The van der Waals surface area contributed by atoms with Gasteiger partial charge in [0.25, 0.3) is 5.91 Å². The maximum atomic E-state index is 13.7. The molecule has 0 aliphatic rings. The molecule has 0 aromatic heterocycles. The van der Waals surface area contributed by atoms with Gasteiger partial charge in [0.2, 0.25) is 5.91 Å². The molecule has 1 N–H and O–H groups in total. The Kier molecular flexibility index (Phi) is 10.3. The van der Waals surface area contributed by atoms with Gasteiger partial charge >= 0.3 is 0 Å². The number of hydrogen-bond donors (Lipinski definition) is 1. The number of nitrogens with one attached hydrogen (secondary N) is 1. The molecule has 0 spiro atoms. The Morgan fingerprint density at radius 2 is 1.49 bits per heavy atom. The first-order chi connectivity index (χ1) is 17.7. The molecule has 0 bridgehead atoms. The lowest BCUT2D eigenvalue weighted by molar-refractivity contribution is -0.142. The normalized spacial score (nSPS) is 11.9. The Labute approximate surface area is 221 Å². The summed E-state index contributed by atoms with van der Waals surface area (Å²) in [6.45, 7) is 11.1. The van der Waals surface area contributed by atoms with E-state index in [4.69, 9.17) is 4.74 Å². The summed E-state index contributed by atoms with van der Waals surface area (Å²) in [6.07, 6.45) is 0.422. The van der Waals surface area contributed by atoms with Crippen LogP contribution in [0.25, 0.3) is 0 Å². The van der Waals surface area contributed by atoms with Crippen LogP contribution in [0, 0.1) is 12.8 Å². The first-order valence-corrected chi connectivity index (χ1v) is 13.1. The lowest BCUT2D eigenvalue weighted by Gasteiger charge is -2.31. The third-order valence-corrected chi connectivity index (χ3v) is 6.34. The Bertz CT molecular complexity index is 1120.